The first-order valence-corrected chi connectivity index (χ1v) is 9.83. The van der Waals surface area contributed by atoms with Gasteiger partial charge in [0.25, 0.3) is 5.91 Å². The average molecular weight is 399 g/mol. The number of carbonyl (C=O) groups excluding carboxylic acids is 1. The maximum atomic E-state index is 12.8. The fourth-order valence-corrected chi connectivity index (χ4v) is 3.71. The van der Waals surface area contributed by atoms with Crippen LogP contribution in [-0.4, -0.2) is 31.8 Å². The summed E-state index contributed by atoms with van der Waals surface area (Å²) in [6, 6.07) is 19.6. The van der Waals surface area contributed by atoms with Crippen LogP contribution in [0.3, 0.4) is 0 Å². The van der Waals surface area contributed by atoms with E-state index in [-0.39, 0.29) is 17.8 Å². The zero-order valence-corrected chi connectivity index (χ0v) is 16.5. The van der Waals surface area contributed by atoms with Crippen molar-refractivity contribution in [2.24, 2.45) is 0 Å². The number of carbonyl (C=O) groups is 1. The van der Waals surface area contributed by atoms with Crippen LogP contribution in [0.25, 0.3) is 5.69 Å². The summed E-state index contributed by atoms with van der Waals surface area (Å²) < 4.78 is 9.67. The van der Waals surface area contributed by atoms with Crippen LogP contribution in [0.15, 0.2) is 73.2 Å². The van der Waals surface area contributed by atoms with Gasteiger partial charge in [-0.3, -0.25) is 4.79 Å². The van der Waals surface area contributed by atoms with E-state index in [0.29, 0.717) is 13.2 Å². The monoisotopic (exact) mass is 399 g/mol. The van der Waals surface area contributed by atoms with E-state index in [1.807, 2.05) is 65.4 Å². The zero-order valence-electron chi connectivity index (χ0n) is 16.5. The Kier molecular flexibility index (Phi) is 4.55. The van der Waals surface area contributed by atoms with Crippen LogP contribution in [0.1, 0.15) is 33.5 Å². The first-order valence-electron chi connectivity index (χ1n) is 9.83. The number of aromatic nitrogens is 4. The number of benzene rings is 2. The minimum absolute atomic E-state index is 0.142. The van der Waals surface area contributed by atoms with Gasteiger partial charge >= 0.3 is 0 Å². The van der Waals surface area contributed by atoms with Crippen molar-refractivity contribution in [1.82, 2.24) is 24.6 Å². The summed E-state index contributed by atoms with van der Waals surface area (Å²) in [5.74, 6) is 0.599. The van der Waals surface area contributed by atoms with Crippen LogP contribution in [0.4, 0.5) is 0 Å². The van der Waals surface area contributed by atoms with Gasteiger partial charge in [0.1, 0.15) is 24.7 Å². The number of rotatable bonds is 4. The average Bonchev–Trinajstić information content (AvgIpc) is 3.40. The lowest BCUT2D eigenvalue weighted by Crippen LogP contribution is -2.33. The Morgan fingerprint density at radius 1 is 1.13 bits per heavy atom. The van der Waals surface area contributed by atoms with Crippen LogP contribution in [0.5, 0.6) is 5.75 Å². The van der Waals surface area contributed by atoms with E-state index in [2.05, 4.69) is 28.4 Å². The summed E-state index contributed by atoms with van der Waals surface area (Å²) in [4.78, 5) is 17.1. The molecule has 0 bridgehead atoms. The van der Waals surface area contributed by atoms with Crippen molar-refractivity contribution < 1.29 is 9.53 Å². The maximum absolute atomic E-state index is 12.8. The number of hydrogen-bond donors (Lipinski definition) is 1. The molecule has 1 atom stereocenters. The number of fused-ring (bicyclic) bond motifs is 3. The first-order chi connectivity index (χ1) is 14.7. The summed E-state index contributed by atoms with van der Waals surface area (Å²) in [6.45, 7) is 2.95. The Hall–Kier alpha value is -3.87. The molecule has 0 saturated carbocycles. The molecule has 2 aromatic heterocycles. The van der Waals surface area contributed by atoms with E-state index in [0.717, 1.165) is 22.7 Å². The fourth-order valence-electron chi connectivity index (χ4n) is 3.71. The first kappa shape index (κ1) is 18.2. The SMILES string of the molecule is Cc1ccccc1Cn1cnc(C(=O)NC2COc3ccccc3-n3cccc32)n1. The third-order valence-corrected chi connectivity index (χ3v) is 5.31. The molecule has 3 heterocycles. The minimum atomic E-state index is -0.328. The molecule has 2 aromatic carbocycles. The van der Waals surface area contributed by atoms with Crippen molar-refractivity contribution in [3.05, 3.63) is 95.8 Å². The van der Waals surface area contributed by atoms with Gasteiger partial charge in [0.2, 0.25) is 5.82 Å². The topological polar surface area (TPSA) is 74.0 Å². The van der Waals surface area contributed by atoms with Crippen molar-refractivity contribution in [2.75, 3.05) is 6.61 Å². The summed E-state index contributed by atoms with van der Waals surface area (Å²) in [6.07, 6.45) is 3.56. The zero-order chi connectivity index (χ0) is 20.5. The Labute approximate surface area is 173 Å². The second-order valence-electron chi connectivity index (χ2n) is 7.30. The van der Waals surface area contributed by atoms with Crippen molar-refractivity contribution in [1.29, 1.82) is 0 Å². The molecule has 0 aliphatic carbocycles. The van der Waals surface area contributed by atoms with Crippen LogP contribution in [-0.2, 0) is 6.54 Å². The highest BCUT2D eigenvalue weighted by molar-refractivity contribution is 5.90. The molecule has 1 amide bonds. The van der Waals surface area contributed by atoms with E-state index in [1.54, 1.807) is 11.0 Å². The summed E-state index contributed by atoms with van der Waals surface area (Å²) in [5.41, 5.74) is 4.22. The quantitative estimate of drug-likeness (QED) is 0.572. The van der Waals surface area contributed by atoms with Gasteiger partial charge in [0.05, 0.1) is 12.2 Å². The number of para-hydroxylation sites is 2. The highest BCUT2D eigenvalue weighted by atomic mass is 16.5. The minimum Gasteiger partial charge on any atom is -0.489 e. The molecule has 7 heteroatoms. The van der Waals surface area contributed by atoms with Crippen LogP contribution < -0.4 is 10.1 Å². The van der Waals surface area contributed by atoms with E-state index < -0.39 is 0 Å². The van der Waals surface area contributed by atoms with Gasteiger partial charge < -0.3 is 14.6 Å². The van der Waals surface area contributed by atoms with Gasteiger partial charge in [-0.05, 0) is 42.3 Å². The molecule has 1 aliphatic rings. The molecule has 0 radical (unpaired) electrons. The molecule has 1 N–H and O–H groups in total. The smallest absolute Gasteiger partial charge is 0.291 e. The molecule has 150 valence electrons. The summed E-state index contributed by atoms with van der Waals surface area (Å²) in [5, 5.41) is 7.38. The second-order valence-corrected chi connectivity index (χ2v) is 7.30. The highest BCUT2D eigenvalue weighted by Crippen LogP contribution is 2.31. The lowest BCUT2D eigenvalue weighted by Gasteiger charge is -2.16. The molecule has 1 aliphatic heterocycles. The van der Waals surface area contributed by atoms with Gasteiger partial charge in [-0.2, -0.15) is 0 Å². The number of nitrogens with one attached hydrogen (secondary N) is 1. The highest BCUT2D eigenvalue weighted by Gasteiger charge is 2.25. The Morgan fingerprint density at radius 2 is 1.97 bits per heavy atom. The summed E-state index contributed by atoms with van der Waals surface area (Å²) >= 11 is 0. The Balaban J connectivity index is 1.34. The number of ether oxygens (including phenoxy) is 1. The summed E-state index contributed by atoms with van der Waals surface area (Å²) in [7, 11) is 0. The third kappa shape index (κ3) is 3.34. The molecular formula is C23H21N5O2. The predicted molar refractivity (Wildman–Crippen MR) is 112 cm³/mol. The van der Waals surface area contributed by atoms with Gasteiger partial charge in [-0.25, -0.2) is 9.67 Å². The predicted octanol–water partition coefficient (Wildman–Crippen LogP) is 3.29. The van der Waals surface area contributed by atoms with Gasteiger partial charge in [-0.15, -0.1) is 5.10 Å². The number of amides is 1. The van der Waals surface area contributed by atoms with Crippen molar-refractivity contribution in [2.45, 2.75) is 19.5 Å². The fraction of sp³-hybridized carbons (Fsp3) is 0.174. The van der Waals surface area contributed by atoms with E-state index in [4.69, 9.17) is 4.74 Å². The lowest BCUT2D eigenvalue weighted by atomic mass is 10.1. The molecule has 0 fully saturated rings. The van der Waals surface area contributed by atoms with Crippen molar-refractivity contribution in [3.8, 4) is 11.4 Å². The molecule has 30 heavy (non-hydrogen) atoms. The lowest BCUT2D eigenvalue weighted by molar-refractivity contribution is 0.0910. The van der Waals surface area contributed by atoms with Crippen LogP contribution in [0.2, 0.25) is 0 Å². The largest absolute Gasteiger partial charge is 0.489 e. The normalized spacial score (nSPS) is 14.9. The second kappa shape index (κ2) is 7.51. The molecule has 0 saturated heterocycles. The third-order valence-electron chi connectivity index (χ3n) is 5.31. The molecule has 4 aromatic rings. The van der Waals surface area contributed by atoms with Gasteiger partial charge in [0, 0.05) is 11.9 Å². The van der Waals surface area contributed by atoms with Crippen molar-refractivity contribution in [3.63, 3.8) is 0 Å². The molecule has 5 rings (SSSR count). The van der Waals surface area contributed by atoms with Gasteiger partial charge in [0.15, 0.2) is 0 Å². The van der Waals surface area contributed by atoms with E-state index in [9.17, 15) is 4.79 Å². The number of nitrogens with zero attached hydrogens (tertiary/aromatic N) is 4. The number of aryl methyl sites for hydroxylation is 1. The molecule has 0 spiro atoms. The molecular weight excluding hydrogens is 378 g/mol. The molecule has 1 unspecified atom stereocenters. The van der Waals surface area contributed by atoms with Gasteiger partial charge in [-0.1, -0.05) is 36.4 Å². The van der Waals surface area contributed by atoms with E-state index >= 15 is 0 Å². The Morgan fingerprint density at radius 3 is 2.87 bits per heavy atom. The Bertz CT molecular complexity index is 1210. The number of hydrogen-bond acceptors (Lipinski definition) is 4. The van der Waals surface area contributed by atoms with Crippen LogP contribution >= 0.6 is 0 Å². The molecule has 7 nitrogen and oxygen atoms in total. The maximum Gasteiger partial charge on any atom is 0.291 e. The van der Waals surface area contributed by atoms with Crippen LogP contribution in [0, 0.1) is 6.92 Å². The standard InChI is InChI=1S/C23H21N5O2/c1-16-7-2-3-8-17(16)13-27-15-24-22(26-27)23(29)25-18-14-30-21-11-5-4-9-20(21)28-12-6-10-19(18)28/h2-12,15,18H,13-14H2,1H3,(H,25,29). The van der Waals surface area contributed by atoms with E-state index in [1.165, 1.54) is 5.56 Å². The van der Waals surface area contributed by atoms with Crippen molar-refractivity contribution >= 4 is 5.91 Å².